The summed E-state index contributed by atoms with van der Waals surface area (Å²) < 4.78 is 5.13. The molecule has 0 atom stereocenters. The predicted molar refractivity (Wildman–Crippen MR) is 119 cm³/mol. The van der Waals surface area contributed by atoms with Crippen LogP contribution in [0.15, 0.2) is 42.7 Å². The van der Waals surface area contributed by atoms with Crippen LogP contribution < -0.4 is 5.32 Å². The Kier molecular flexibility index (Phi) is 7.01. The standard InChI is InChI=1S/C22H28N4OS/c1-16-6-7-21-20(13-16)19(17(2)25-21)8-11-26(22(28)24-10-12-27-3)15-18-5-4-9-23-14-18/h4-7,9,13-14,25H,8,10-12,15H2,1-3H3,(H,24,28). The number of hydrogen-bond acceptors (Lipinski definition) is 3. The number of thiocarbonyl (C=S) groups is 1. The summed E-state index contributed by atoms with van der Waals surface area (Å²) >= 11 is 5.66. The summed E-state index contributed by atoms with van der Waals surface area (Å²) in [7, 11) is 1.69. The summed E-state index contributed by atoms with van der Waals surface area (Å²) in [5.74, 6) is 0. The van der Waals surface area contributed by atoms with Crippen molar-refractivity contribution in [1.82, 2.24) is 20.2 Å². The Hall–Kier alpha value is -2.44. The summed E-state index contributed by atoms with van der Waals surface area (Å²) in [5.41, 5.74) is 6.19. The number of aromatic nitrogens is 2. The molecule has 0 aliphatic rings. The maximum Gasteiger partial charge on any atom is 0.169 e. The van der Waals surface area contributed by atoms with Gasteiger partial charge in [-0.2, -0.15) is 0 Å². The molecule has 0 amide bonds. The zero-order valence-corrected chi connectivity index (χ0v) is 17.6. The summed E-state index contributed by atoms with van der Waals surface area (Å²) in [6.07, 6.45) is 4.60. The number of benzene rings is 1. The minimum Gasteiger partial charge on any atom is -0.383 e. The summed E-state index contributed by atoms with van der Waals surface area (Å²) in [4.78, 5) is 9.94. The number of H-pyrrole nitrogens is 1. The van der Waals surface area contributed by atoms with Crippen LogP contribution in [-0.4, -0.2) is 46.8 Å². The minimum absolute atomic E-state index is 0.627. The van der Waals surface area contributed by atoms with Crippen molar-refractivity contribution in [1.29, 1.82) is 0 Å². The Morgan fingerprint density at radius 1 is 1.29 bits per heavy atom. The van der Waals surface area contributed by atoms with Crippen LogP contribution in [0.3, 0.4) is 0 Å². The lowest BCUT2D eigenvalue weighted by atomic mass is 10.1. The number of pyridine rings is 1. The van der Waals surface area contributed by atoms with E-state index in [0.29, 0.717) is 13.2 Å². The summed E-state index contributed by atoms with van der Waals surface area (Å²) in [6.45, 7) is 7.16. The largest absolute Gasteiger partial charge is 0.383 e. The fourth-order valence-electron chi connectivity index (χ4n) is 3.40. The van der Waals surface area contributed by atoms with Gasteiger partial charge in [0.05, 0.1) is 6.61 Å². The smallest absolute Gasteiger partial charge is 0.169 e. The van der Waals surface area contributed by atoms with E-state index in [1.807, 2.05) is 12.3 Å². The molecule has 2 aromatic heterocycles. The third-order valence-corrected chi connectivity index (χ3v) is 5.28. The minimum atomic E-state index is 0.627. The molecular formula is C22H28N4OS. The number of hydrogen-bond donors (Lipinski definition) is 2. The molecule has 6 heteroatoms. The maximum atomic E-state index is 5.66. The number of aromatic amines is 1. The molecule has 0 radical (unpaired) electrons. The van der Waals surface area contributed by atoms with E-state index in [1.165, 1.54) is 27.7 Å². The van der Waals surface area contributed by atoms with Crippen LogP contribution in [-0.2, 0) is 17.7 Å². The van der Waals surface area contributed by atoms with Crippen molar-refractivity contribution in [3.8, 4) is 0 Å². The second-order valence-electron chi connectivity index (χ2n) is 7.04. The molecule has 5 nitrogen and oxygen atoms in total. The van der Waals surface area contributed by atoms with E-state index in [2.05, 4.69) is 58.3 Å². The maximum absolute atomic E-state index is 5.66. The lowest BCUT2D eigenvalue weighted by Gasteiger charge is -2.26. The molecule has 28 heavy (non-hydrogen) atoms. The van der Waals surface area contributed by atoms with Gasteiger partial charge in [-0.3, -0.25) is 4.98 Å². The molecule has 3 aromatic rings. The van der Waals surface area contributed by atoms with Gasteiger partial charge in [0.1, 0.15) is 0 Å². The summed E-state index contributed by atoms with van der Waals surface area (Å²) in [6, 6.07) is 10.6. The fraction of sp³-hybridized carbons (Fsp3) is 0.364. The van der Waals surface area contributed by atoms with Gasteiger partial charge in [0, 0.05) is 55.7 Å². The molecule has 1 aromatic carbocycles. The van der Waals surface area contributed by atoms with Crippen LogP contribution in [0.4, 0.5) is 0 Å². The van der Waals surface area contributed by atoms with E-state index in [-0.39, 0.29) is 0 Å². The van der Waals surface area contributed by atoms with Crippen molar-refractivity contribution in [3.63, 3.8) is 0 Å². The fourth-order valence-corrected chi connectivity index (χ4v) is 3.66. The molecule has 0 bridgehead atoms. The first kappa shape index (κ1) is 20.3. The van der Waals surface area contributed by atoms with Crippen LogP contribution in [0, 0.1) is 13.8 Å². The monoisotopic (exact) mass is 396 g/mol. The first-order valence-electron chi connectivity index (χ1n) is 9.57. The van der Waals surface area contributed by atoms with Crippen LogP contribution in [0.25, 0.3) is 10.9 Å². The number of nitrogens with zero attached hydrogens (tertiary/aromatic N) is 2. The lowest BCUT2D eigenvalue weighted by Crippen LogP contribution is -2.41. The Morgan fingerprint density at radius 3 is 2.89 bits per heavy atom. The van der Waals surface area contributed by atoms with Gasteiger partial charge >= 0.3 is 0 Å². The number of methoxy groups -OCH3 is 1. The molecular weight excluding hydrogens is 368 g/mol. The van der Waals surface area contributed by atoms with Gasteiger partial charge in [0.25, 0.3) is 0 Å². The number of fused-ring (bicyclic) bond motifs is 1. The van der Waals surface area contributed by atoms with Gasteiger partial charge in [-0.15, -0.1) is 0 Å². The SMILES string of the molecule is COCCNC(=S)N(CCc1c(C)[nH]c2ccc(C)cc12)Cc1cccnc1. The highest BCUT2D eigenvalue weighted by atomic mass is 32.1. The average Bonchev–Trinajstić information content (AvgIpc) is 3.00. The van der Waals surface area contributed by atoms with Gasteiger partial charge in [-0.05, 0) is 61.8 Å². The molecule has 0 saturated heterocycles. The van der Waals surface area contributed by atoms with Crippen molar-refractivity contribution < 1.29 is 4.74 Å². The Balaban J connectivity index is 1.76. The van der Waals surface area contributed by atoms with Gasteiger partial charge in [0.15, 0.2) is 5.11 Å². The van der Waals surface area contributed by atoms with E-state index in [1.54, 1.807) is 13.3 Å². The number of nitrogens with one attached hydrogen (secondary N) is 2. The Bertz CT molecular complexity index is 923. The van der Waals surface area contributed by atoms with Gasteiger partial charge in [0.2, 0.25) is 0 Å². The van der Waals surface area contributed by atoms with Crippen LogP contribution in [0.5, 0.6) is 0 Å². The van der Waals surface area contributed by atoms with E-state index in [0.717, 1.165) is 30.2 Å². The topological polar surface area (TPSA) is 53.2 Å². The molecule has 2 heterocycles. The van der Waals surface area contributed by atoms with Crippen LogP contribution in [0.1, 0.15) is 22.4 Å². The normalized spacial score (nSPS) is 11.0. The molecule has 3 rings (SSSR count). The molecule has 0 aliphatic heterocycles. The molecule has 148 valence electrons. The van der Waals surface area contributed by atoms with Crippen LogP contribution >= 0.6 is 12.2 Å². The Labute approximate surface area is 172 Å². The van der Waals surface area contributed by atoms with Crippen molar-refractivity contribution in [2.45, 2.75) is 26.8 Å². The second-order valence-corrected chi connectivity index (χ2v) is 7.42. The van der Waals surface area contributed by atoms with Gasteiger partial charge in [-0.25, -0.2) is 0 Å². The third-order valence-electron chi connectivity index (χ3n) is 4.87. The number of aryl methyl sites for hydroxylation is 2. The Morgan fingerprint density at radius 2 is 2.14 bits per heavy atom. The highest BCUT2D eigenvalue weighted by molar-refractivity contribution is 7.80. The highest BCUT2D eigenvalue weighted by Crippen LogP contribution is 2.24. The first-order chi connectivity index (χ1) is 13.6. The van der Waals surface area contributed by atoms with E-state index >= 15 is 0 Å². The predicted octanol–water partition coefficient (Wildman–Crippen LogP) is 3.75. The third kappa shape index (κ3) is 5.09. The van der Waals surface area contributed by atoms with Crippen molar-refractivity contribution >= 4 is 28.2 Å². The van der Waals surface area contributed by atoms with Crippen molar-refractivity contribution in [2.75, 3.05) is 26.8 Å². The zero-order valence-electron chi connectivity index (χ0n) is 16.8. The van der Waals surface area contributed by atoms with Crippen molar-refractivity contribution in [2.24, 2.45) is 0 Å². The molecule has 0 fully saturated rings. The zero-order chi connectivity index (χ0) is 19.9. The second kappa shape index (κ2) is 9.66. The number of rotatable bonds is 8. The quantitative estimate of drug-likeness (QED) is 0.449. The van der Waals surface area contributed by atoms with Crippen molar-refractivity contribution in [3.05, 3.63) is 65.1 Å². The lowest BCUT2D eigenvalue weighted by molar-refractivity contribution is 0.203. The molecule has 0 spiro atoms. The molecule has 0 unspecified atom stereocenters. The van der Waals surface area contributed by atoms with E-state index in [4.69, 9.17) is 17.0 Å². The van der Waals surface area contributed by atoms with E-state index in [9.17, 15) is 0 Å². The summed E-state index contributed by atoms with van der Waals surface area (Å²) in [5, 5.41) is 5.35. The highest BCUT2D eigenvalue weighted by Gasteiger charge is 2.14. The van der Waals surface area contributed by atoms with Gasteiger partial charge < -0.3 is 19.9 Å². The van der Waals surface area contributed by atoms with Crippen LogP contribution in [0.2, 0.25) is 0 Å². The first-order valence-corrected chi connectivity index (χ1v) is 9.97. The number of ether oxygens (including phenoxy) is 1. The average molecular weight is 397 g/mol. The molecule has 0 saturated carbocycles. The van der Waals surface area contributed by atoms with E-state index < -0.39 is 0 Å². The molecule has 2 N–H and O–H groups in total. The van der Waals surface area contributed by atoms with Gasteiger partial charge in [-0.1, -0.05) is 17.7 Å². The molecule has 0 aliphatic carbocycles.